The minimum Gasteiger partial charge on any atom is -0.395 e. The van der Waals surface area contributed by atoms with Crippen molar-refractivity contribution in [2.75, 3.05) is 26.2 Å². The largest absolute Gasteiger partial charge is 0.395 e. The Hall–Kier alpha value is -0.610. The van der Waals surface area contributed by atoms with E-state index in [2.05, 4.69) is 19.2 Å². The Balaban J connectivity index is 2.16. The number of hydrogen-bond donors (Lipinski definition) is 2. The van der Waals surface area contributed by atoms with Gasteiger partial charge in [-0.3, -0.25) is 4.79 Å². The van der Waals surface area contributed by atoms with Crippen LogP contribution in [0.15, 0.2) is 0 Å². The standard InChI is InChI=1S/C16H30N2O2/c1-13(2)16(8-9-17-12-16)15(20)18(10-11-19)14-6-4-3-5-7-14/h13-14,17,19H,3-12H2,1-2H3. The highest BCUT2D eigenvalue weighted by Gasteiger charge is 2.47. The molecule has 2 rings (SSSR count). The van der Waals surface area contributed by atoms with Gasteiger partial charge in [-0.05, 0) is 31.7 Å². The number of carbonyl (C=O) groups is 1. The van der Waals surface area contributed by atoms with E-state index in [1.165, 1.54) is 19.3 Å². The summed E-state index contributed by atoms with van der Waals surface area (Å²) in [5.74, 6) is 0.619. The van der Waals surface area contributed by atoms with E-state index >= 15 is 0 Å². The molecule has 1 atom stereocenters. The Labute approximate surface area is 122 Å². The summed E-state index contributed by atoms with van der Waals surface area (Å²) in [6.45, 7) is 6.60. The lowest BCUT2D eigenvalue weighted by Crippen LogP contribution is -2.53. The molecule has 0 aromatic heterocycles. The van der Waals surface area contributed by atoms with Crippen LogP contribution >= 0.6 is 0 Å². The Bertz CT molecular complexity index is 318. The van der Waals surface area contributed by atoms with Crippen molar-refractivity contribution in [3.05, 3.63) is 0 Å². The van der Waals surface area contributed by atoms with E-state index in [9.17, 15) is 9.90 Å². The van der Waals surface area contributed by atoms with Crippen LogP contribution in [-0.2, 0) is 4.79 Å². The van der Waals surface area contributed by atoms with Crippen LogP contribution in [-0.4, -0.2) is 48.2 Å². The molecule has 0 bridgehead atoms. The molecule has 4 heteroatoms. The van der Waals surface area contributed by atoms with E-state index in [0.717, 1.165) is 32.4 Å². The van der Waals surface area contributed by atoms with Gasteiger partial charge in [-0.15, -0.1) is 0 Å². The minimum atomic E-state index is -0.257. The Morgan fingerprint density at radius 3 is 2.55 bits per heavy atom. The van der Waals surface area contributed by atoms with Crippen molar-refractivity contribution in [2.45, 2.75) is 58.4 Å². The van der Waals surface area contributed by atoms with Crippen LogP contribution < -0.4 is 5.32 Å². The molecule has 4 nitrogen and oxygen atoms in total. The van der Waals surface area contributed by atoms with Gasteiger partial charge in [0.2, 0.25) is 5.91 Å². The molecule has 1 saturated carbocycles. The van der Waals surface area contributed by atoms with Crippen molar-refractivity contribution in [1.29, 1.82) is 0 Å². The van der Waals surface area contributed by atoms with Gasteiger partial charge in [0.15, 0.2) is 0 Å². The number of rotatable bonds is 5. The molecule has 2 N–H and O–H groups in total. The zero-order valence-corrected chi connectivity index (χ0v) is 13.0. The molecule has 1 aliphatic heterocycles. The Morgan fingerprint density at radius 2 is 2.05 bits per heavy atom. The first-order chi connectivity index (χ1) is 9.62. The molecule has 1 aliphatic carbocycles. The molecule has 0 radical (unpaired) electrons. The summed E-state index contributed by atoms with van der Waals surface area (Å²) < 4.78 is 0. The molecule has 1 unspecified atom stereocenters. The lowest BCUT2D eigenvalue weighted by atomic mass is 9.74. The van der Waals surface area contributed by atoms with Crippen molar-refractivity contribution in [3.63, 3.8) is 0 Å². The number of nitrogens with one attached hydrogen (secondary N) is 1. The van der Waals surface area contributed by atoms with Crippen molar-refractivity contribution in [2.24, 2.45) is 11.3 Å². The second-order valence-electron chi connectivity index (χ2n) is 6.75. The molecule has 0 aromatic rings. The molecule has 1 heterocycles. The number of aliphatic hydroxyl groups is 1. The van der Waals surface area contributed by atoms with Crippen molar-refractivity contribution < 1.29 is 9.90 Å². The van der Waals surface area contributed by atoms with Gasteiger partial charge in [-0.2, -0.15) is 0 Å². The van der Waals surface area contributed by atoms with Gasteiger partial charge < -0.3 is 15.3 Å². The van der Waals surface area contributed by atoms with Gasteiger partial charge in [0.1, 0.15) is 0 Å². The average molecular weight is 282 g/mol. The first kappa shape index (κ1) is 15.8. The van der Waals surface area contributed by atoms with Crippen molar-refractivity contribution in [3.8, 4) is 0 Å². The molecular weight excluding hydrogens is 252 g/mol. The molecule has 20 heavy (non-hydrogen) atoms. The number of carbonyl (C=O) groups excluding carboxylic acids is 1. The predicted octanol–water partition coefficient (Wildman–Crippen LogP) is 1.78. The van der Waals surface area contributed by atoms with Crippen LogP contribution in [0.5, 0.6) is 0 Å². The quantitative estimate of drug-likeness (QED) is 0.808. The number of nitrogens with zero attached hydrogens (tertiary/aromatic N) is 1. The SMILES string of the molecule is CC(C)C1(C(=O)N(CCO)C2CCCCC2)CCNC1. The van der Waals surface area contributed by atoms with E-state index in [1.54, 1.807) is 0 Å². The van der Waals surface area contributed by atoms with E-state index in [4.69, 9.17) is 0 Å². The van der Waals surface area contributed by atoms with Crippen LogP contribution in [0, 0.1) is 11.3 Å². The van der Waals surface area contributed by atoms with Crippen LogP contribution in [0.25, 0.3) is 0 Å². The topological polar surface area (TPSA) is 52.6 Å². The van der Waals surface area contributed by atoms with Crippen LogP contribution in [0.1, 0.15) is 52.4 Å². The molecular formula is C16H30N2O2. The van der Waals surface area contributed by atoms with Gasteiger partial charge in [-0.25, -0.2) is 0 Å². The summed E-state index contributed by atoms with van der Waals surface area (Å²) in [6, 6.07) is 0.347. The van der Waals surface area contributed by atoms with Crippen LogP contribution in [0.2, 0.25) is 0 Å². The predicted molar refractivity (Wildman–Crippen MR) is 80.4 cm³/mol. The maximum absolute atomic E-state index is 13.2. The van der Waals surface area contributed by atoms with Gasteiger partial charge in [0.05, 0.1) is 12.0 Å². The number of hydrogen-bond acceptors (Lipinski definition) is 3. The Morgan fingerprint density at radius 1 is 1.35 bits per heavy atom. The first-order valence-corrected chi connectivity index (χ1v) is 8.24. The molecule has 1 saturated heterocycles. The van der Waals surface area contributed by atoms with E-state index < -0.39 is 0 Å². The second kappa shape index (κ2) is 6.90. The number of amides is 1. The summed E-state index contributed by atoms with van der Waals surface area (Å²) in [5.41, 5.74) is -0.257. The highest BCUT2D eigenvalue weighted by atomic mass is 16.3. The highest BCUT2D eigenvalue weighted by molar-refractivity contribution is 5.84. The van der Waals surface area contributed by atoms with Gasteiger partial charge in [-0.1, -0.05) is 33.1 Å². The summed E-state index contributed by atoms with van der Waals surface area (Å²) >= 11 is 0. The van der Waals surface area contributed by atoms with Crippen LogP contribution in [0.3, 0.4) is 0 Å². The normalized spacial score (nSPS) is 28.0. The molecule has 2 fully saturated rings. The van der Waals surface area contributed by atoms with E-state index in [0.29, 0.717) is 18.5 Å². The Kier molecular flexibility index (Phi) is 5.44. The third kappa shape index (κ3) is 3.01. The van der Waals surface area contributed by atoms with Crippen LogP contribution in [0.4, 0.5) is 0 Å². The number of aliphatic hydroxyl groups excluding tert-OH is 1. The summed E-state index contributed by atoms with van der Waals surface area (Å²) in [5, 5.41) is 12.7. The smallest absolute Gasteiger partial charge is 0.230 e. The zero-order valence-electron chi connectivity index (χ0n) is 13.0. The second-order valence-corrected chi connectivity index (χ2v) is 6.75. The average Bonchev–Trinajstić information content (AvgIpc) is 2.96. The molecule has 1 amide bonds. The van der Waals surface area contributed by atoms with Gasteiger partial charge >= 0.3 is 0 Å². The fourth-order valence-corrected chi connectivity index (χ4v) is 3.87. The molecule has 0 spiro atoms. The van der Waals surface area contributed by atoms with Crippen molar-refractivity contribution >= 4 is 5.91 Å². The molecule has 116 valence electrons. The molecule has 0 aromatic carbocycles. The van der Waals surface area contributed by atoms with E-state index in [1.807, 2.05) is 4.90 Å². The fraction of sp³-hybridized carbons (Fsp3) is 0.938. The van der Waals surface area contributed by atoms with Gasteiger partial charge in [0, 0.05) is 19.1 Å². The van der Waals surface area contributed by atoms with Gasteiger partial charge in [0.25, 0.3) is 0 Å². The fourth-order valence-electron chi connectivity index (χ4n) is 3.87. The zero-order chi connectivity index (χ0) is 14.6. The maximum atomic E-state index is 13.2. The first-order valence-electron chi connectivity index (χ1n) is 8.24. The summed E-state index contributed by atoms with van der Waals surface area (Å²) in [4.78, 5) is 15.2. The summed E-state index contributed by atoms with van der Waals surface area (Å²) in [6.07, 6.45) is 6.85. The minimum absolute atomic E-state index is 0.0733. The lowest BCUT2D eigenvalue weighted by molar-refractivity contribution is -0.147. The monoisotopic (exact) mass is 282 g/mol. The molecule has 2 aliphatic rings. The lowest BCUT2D eigenvalue weighted by Gasteiger charge is -2.41. The van der Waals surface area contributed by atoms with E-state index in [-0.39, 0.29) is 17.9 Å². The van der Waals surface area contributed by atoms with Crippen molar-refractivity contribution in [1.82, 2.24) is 10.2 Å². The third-order valence-corrected chi connectivity index (χ3v) is 5.34. The third-order valence-electron chi connectivity index (χ3n) is 5.34. The highest BCUT2D eigenvalue weighted by Crippen LogP contribution is 2.38. The summed E-state index contributed by atoms with van der Waals surface area (Å²) in [7, 11) is 0. The maximum Gasteiger partial charge on any atom is 0.230 e.